The molecule has 0 bridgehead atoms. The first kappa shape index (κ1) is 11.0. The molecule has 0 unspecified atom stereocenters. The van der Waals surface area contributed by atoms with E-state index in [0.717, 1.165) is 6.07 Å². The van der Waals surface area contributed by atoms with E-state index < -0.39 is 11.8 Å². The Kier molecular flexibility index (Phi) is 2.90. The number of carboxylic acid groups (broad SMARTS) is 1. The summed E-state index contributed by atoms with van der Waals surface area (Å²) in [5.41, 5.74) is 5.03. The summed E-state index contributed by atoms with van der Waals surface area (Å²) in [6, 6.07) is 2.57. The van der Waals surface area contributed by atoms with Crippen molar-refractivity contribution in [3.63, 3.8) is 0 Å². The summed E-state index contributed by atoms with van der Waals surface area (Å²) in [5.74, 6) is -2.14. The zero-order chi connectivity index (χ0) is 11.6. The summed E-state index contributed by atoms with van der Waals surface area (Å²) in [6.45, 7) is 1.68. The van der Waals surface area contributed by atoms with Gasteiger partial charge in [-0.25, -0.2) is 9.18 Å². The van der Waals surface area contributed by atoms with Gasteiger partial charge in [0.25, 0.3) is 0 Å². The lowest BCUT2D eigenvalue weighted by Crippen LogP contribution is -2.08. The van der Waals surface area contributed by atoms with Crippen molar-refractivity contribution < 1.29 is 14.3 Å². The Balaban J connectivity index is 3.64. The quantitative estimate of drug-likeness (QED) is 0.721. The number of benzene rings is 1. The summed E-state index contributed by atoms with van der Waals surface area (Å²) in [4.78, 5) is 10.8. The Bertz CT molecular complexity index is 463. The Morgan fingerprint density at radius 2 is 2.33 bits per heavy atom. The first-order valence-corrected chi connectivity index (χ1v) is 4.27. The maximum Gasteiger partial charge on any atom is 0.336 e. The van der Waals surface area contributed by atoms with E-state index in [1.54, 1.807) is 13.0 Å². The number of rotatable bonds is 2. The van der Waals surface area contributed by atoms with Crippen LogP contribution in [0.2, 0.25) is 0 Å². The molecule has 1 aromatic carbocycles. The van der Waals surface area contributed by atoms with Crippen molar-refractivity contribution in [2.45, 2.75) is 13.3 Å². The Morgan fingerprint density at radius 3 is 2.73 bits per heavy atom. The minimum absolute atomic E-state index is 0.0881. The topological polar surface area (TPSA) is 87.1 Å². The summed E-state index contributed by atoms with van der Waals surface area (Å²) in [5, 5.41) is 17.6. The molecule has 1 rings (SSSR count). The van der Waals surface area contributed by atoms with Crippen molar-refractivity contribution in [1.82, 2.24) is 0 Å². The van der Waals surface area contributed by atoms with Gasteiger partial charge in [-0.1, -0.05) is 6.92 Å². The van der Waals surface area contributed by atoms with Crippen LogP contribution in [0.4, 0.5) is 10.1 Å². The predicted octanol–water partition coefficient (Wildman–Crippen LogP) is 1.54. The van der Waals surface area contributed by atoms with Crippen LogP contribution in [0.15, 0.2) is 6.07 Å². The molecular formula is C10H9FN2O2. The molecule has 78 valence electrons. The van der Waals surface area contributed by atoms with E-state index in [1.165, 1.54) is 0 Å². The molecule has 3 N–H and O–H groups in total. The highest BCUT2D eigenvalue weighted by Crippen LogP contribution is 2.24. The molecule has 4 nitrogen and oxygen atoms in total. The molecule has 0 spiro atoms. The minimum Gasteiger partial charge on any atom is -0.478 e. The number of hydrogen-bond donors (Lipinski definition) is 2. The maximum atomic E-state index is 13.2. The van der Waals surface area contributed by atoms with E-state index in [9.17, 15) is 9.18 Å². The van der Waals surface area contributed by atoms with Gasteiger partial charge in [0.05, 0.1) is 16.8 Å². The highest BCUT2D eigenvalue weighted by molar-refractivity contribution is 5.91. The number of anilines is 1. The predicted molar refractivity (Wildman–Crippen MR) is 51.9 cm³/mol. The molecule has 0 fully saturated rings. The SMILES string of the molecule is CCc1c(C(=O)O)cc(F)c(N)c1C#N. The van der Waals surface area contributed by atoms with Gasteiger partial charge in [-0.3, -0.25) is 0 Å². The molecular weight excluding hydrogens is 199 g/mol. The third kappa shape index (κ3) is 1.74. The van der Waals surface area contributed by atoms with Gasteiger partial charge in [0, 0.05) is 0 Å². The van der Waals surface area contributed by atoms with Crippen molar-refractivity contribution in [3.8, 4) is 6.07 Å². The fourth-order valence-corrected chi connectivity index (χ4v) is 1.39. The van der Waals surface area contributed by atoms with Crippen LogP contribution in [0.25, 0.3) is 0 Å². The number of aromatic carboxylic acids is 1. The van der Waals surface area contributed by atoms with Gasteiger partial charge in [0.1, 0.15) is 11.9 Å². The van der Waals surface area contributed by atoms with Crippen LogP contribution < -0.4 is 5.73 Å². The van der Waals surface area contributed by atoms with E-state index in [-0.39, 0.29) is 22.4 Å². The van der Waals surface area contributed by atoms with Gasteiger partial charge in [-0.15, -0.1) is 0 Å². The second kappa shape index (κ2) is 3.96. The van der Waals surface area contributed by atoms with E-state index in [1.807, 2.05) is 0 Å². The number of hydrogen-bond acceptors (Lipinski definition) is 3. The summed E-state index contributed by atoms with van der Waals surface area (Å²) in [6.07, 6.45) is 0.314. The molecule has 0 aromatic heterocycles. The molecule has 0 aliphatic heterocycles. The highest BCUT2D eigenvalue weighted by Gasteiger charge is 2.18. The van der Waals surface area contributed by atoms with E-state index in [0.29, 0.717) is 6.42 Å². The third-order valence-electron chi connectivity index (χ3n) is 2.12. The average molecular weight is 208 g/mol. The normalized spacial score (nSPS) is 9.67. The second-order valence-corrected chi connectivity index (χ2v) is 2.94. The monoisotopic (exact) mass is 208 g/mol. The van der Waals surface area contributed by atoms with Gasteiger partial charge in [-0.2, -0.15) is 5.26 Å². The summed E-state index contributed by atoms with van der Waals surface area (Å²) >= 11 is 0. The summed E-state index contributed by atoms with van der Waals surface area (Å²) < 4.78 is 13.2. The Hall–Kier alpha value is -2.09. The first-order chi connectivity index (χ1) is 7.02. The Labute approximate surface area is 85.7 Å². The van der Waals surface area contributed by atoms with Crippen LogP contribution in [0.5, 0.6) is 0 Å². The number of nitrogens with two attached hydrogens (primary N) is 1. The average Bonchev–Trinajstić information content (AvgIpc) is 2.20. The Morgan fingerprint density at radius 1 is 1.73 bits per heavy atom. The molecule has 0 aliphatic rings. The molecule has 0 heterocycles. The number of carboxylic acids is 1. The van der Waals surface area contributed by atoms with Gasteiger partial charge < -0.3 is 10.8 Å². The number of nitrogens with zero attached hydrogens (tertiary/aromatic N) is 1. The number of carbonyl (C=O) groups is 1. The van der Waals surface area contributed by atoms with Crippen molar-refractivity contribution in [3.05, 3.63) is 28.6 Å². The van der Waals surface area contributed by atoms with Crippen LogP contribution in [0, 0.1) is 17.1 Å². The van der Waals surface area contributed by atoms with Gasteiger partial charge in [-0.05, 0) is 18.1 Å². The highest BCUT2D eigenvalue weighted by atomic mass is 19.1. The second-order valence-electron chi connectivity index (χ2n) is 2.94. The van der Waals surface area contributed by atoms with Crippen molar-refractivity contribution in [2.75, 3.05) is 5.73 Å². The molecule has 0 saturated carbocycles. The van der Waals surface area contributed by atoms with Crippen LogP contribution in [0.1, 0.15) is 28.4 Å². The number of halogens is 1. The van der Waals surface area contributed by atoms with Gasteiger partial charge >= 0.3 is 5.97 Å². The molecule has 0 amide bonds. The minimum atomic E-state index is -1.26. The fraction of sp³-hybridized carbons (Fsp3) is 0.200. The lowest BCUT2D eigenvalue weighted by atomic mass is 9.97. The van der Waals surface area contributed by atoms with E-state index >= 15 is 0 Å². The molecule has 15 heavy (non-hydrogen) atoms. The van der Waals surface area contributed by atoms with E-state index in [4.69, 9.17) is 16.1 Å². The van der Waals surface area contributed by atoms with Crippen molar-refractivity contribution in [2.24, 2.45) is 0 Å². The van der Waals surface area contributed by atoms with Crippen LogP contribution in [-0.4, -0.2) is 11.1 Å². The summed E-state index contributed by atoms with van der Waals surface area (Å²) in [7, 11) is 0. The maximum absolute atomic E-state index is 13.2. The number of nitrogen functional groups attached to an aromatic ring is 1. The van der Waals surface area contributed by atoms with Crippen molar-refractivity contribution >= 4 is 11.7 Å². The first-order valence-electron chi connectivity index (χ1n) is 4.27. The molecule has 5 heteroatoms. The standard InChI is InChI=1S/C10H9FN2O2/c1-2-5-6(10(14)15)3-8(11)9(13)7(5)4-12/h3H,2,13H2,1H3,(H,14,15). The van der Waals surface area contributed by atoms with Gasteiger partial charge in [0.15, 0.2) is 0 Å². The van der Waals surface area contributed by atoms with Crippen LogP contribution in [-0.2, 0) is 6.42 Å². The number of nitriles is 1. The van der Waals surface area contributed by atoms with Crippen LogP contribution >= 0.6 is 0 Å². The zero-order valence-corrected chi connectivity index (χ0v) is 8.04. The molecule has 1 aromatic rings. The van der Waals surface area contributed by atoms with Crippen molar-refractivity contribution in [1.29, 1.82) is 5.26 Å². The lowest BCUT2D eigenvalue weighted by Gasteiger charge is -2.09. The smallest absolute Gasteiger partial charge is 0.336 e. The fourth-order valence-electron chi connectivity index (χ4n) is 1.39. The van der Waals surface area contributed by atoms with E-state index in [2.05, 4.69) is 0 Å². The molecule has 0 radical (unpaired) electrons. The zero-order valence-electron chi connectivity index (χ0n) is 8.04. The lowest BCUT2D eigenvalue weighted by molar-refractivity contribution is 0.0695. The molecule has 0 aliphatic carbocycles. The largest absolute Gasteiger partial charge is 0.478 e. The molecule has 0 saturated heterocycles. The third-order valence-corrected chi connectivity index (χ3v) is 2.12. The van der Waals surface area contributed by atoms with Crippen LogP contribution in [0.3, 0.4) is 0 Å². The molecule has 0 atom stereocenters. The van der Waals surface area contributed by atoms with Gasteiger partial charge in [0.2, 0.25) is 0 Å².